The summed E-state index contributed by atoms with van der Waals surface area (Å²) < 4.78 is 5.96. The van der Waals surface area contributed by atoms with Gasteiger partial charge in [0.2, 0.25) is 0 Å². The SMILES string of the molecule is C1CCOC1.Nc1cccc2c(-c3ccc(N(c4ccccc4)c4ccccc4)cc3)ccc(-c3ccc4cc(N(c5ccccc5)c5ccccc5)ccc4c3)c12.Nc1cccc2c(-c3ccc(N(c4ccccc4)c4ccccc4)cc3)ccc(Br)c12.OB(O)c1ccc2cc(C(c3ccccc3)c3ccccc3)ccc2c1.[Cu][I]. The summed E-state index contributed by atoms with van der Waals surface area (Å²) in [6.07, 6.45) is 2.56. The fourth-order valence-electron chi connectivity index (χ4n) is 15.5. The molecule has 19 rings (SSSR count). The molecule has 0 spiro atoms. The van der Waals surface area contributed by atoms with Gasteiger partial charge in [0, 0.05) is 96.9 Å². The summed E-state index contributed by atoms with van der Waals surface area (Å²) in [7, 11) is -1.44. The number of hydrogen-bond donors (Lipinski definition) is 4. The molecule has 576 valence electrons. The molecular weight excluding hydrogens is 1660 g/mol. The maximum absolute atomic E-state index is 9.38. The molecule has 1 aliphatic rings. The van der Waals surface area contributed by atoms with E-state index in [1.807, 2.05) is 54.6 Å². The number of ether oxygens (including phenoxy) is 1. The molecule has 0 bridgehead atoms. The van der Waals surface area contributed by atoms with Crippen LogP contribution < -0.4 is 31.6 Å². The quantitative estimate of drug-likeness (QED) is 0.0328. The van der Waals surface area contributed by atoms with Crippen LogP contribution in [0, 0.1) is 0 Å². The van der Waals surface area contributed by atoms with Crippen LogP contribution in [0.25, 0.3) is 76.5 Å². The monoisotopic (exact) mass is 1740 g/mol. The standard InChI is InChI=1S/C50H37N3.C28H21BrN2.C23H19BO2.C4H8O.Cu.HI/c51-49-23-13-22-48-46(36-26-29-44(30-27-36)52(40-14-5-1-6-15-40)41-16-7-2-8-17-41)32-33-47(50(48)49)39-25-24-38-35-45(31-28-37(38)34-39)53(42-18-9-3-10-19-42)43-20-11-4-12-21-43;29-26-19-18-24(25-12-7-13-27(30)28(25)26)20-14-16-23(17-15-20)31(21-8-3-1-4-9-21)22-10-5-2-6-11-22;25-24(26)22-14-13-19-15-21(12-11-20(19)16-22)23(17-7-3-1-4-8-17)18-9-5-2-6-10-18;1-2-4-5-3-1;;/h1-35H,51H2;1-19H,30H2;1-16,23,25-26H;1-4H2;;1H/q;;;;+1;/p-1. The summed E-state index contributed by atoms with van der Waals surface area (Å²) >= 11 is 9.52. The second-order valence-corrected chi connectivity index (χ2v) is 29.3. The van der Waals surface area contributed by atoms with Gasteiger partial charge in [0.25, 0.3) is 0 Å². The number of nitrogen functional groups attached to an aromatic ring is 2. The van der Waals surface area contributed by atoms with Gasteiger partial charge in [0.05, 0.1) is 0 Å². The molecule has 6 N–H and O–H groups in total. The first-order valence-electron chi connectivity index (χ1n) is 39.1. The van der Waals surface area contributed by atoms with Gasteiger partial charge in [-0.25, -0.2) is 0 Å². The average Bonchev–Trinajstić information content (AvgIpc) is 1.20. The van der Waals surface area contributed by atoms with Gasteiger partial charge in [-0.2, -0.15) is 0 Å². The van der Waals surface area contributed by atoms with Gasteiger partial charge in [0.1, 0.15) is 0 Å². The van der Waals surface area contributed by atoms with Gasteiger partial charge < -0.3 is 41.0 Å². The van der Waals surface area contributed by atoms with Crippen LogP contribution in [0.2, 0.25) is 0 Å². The third-order valence-electron chi connectivity index (χ3n) is 21.1. The maximum atomic E-state index is 9.38. The first-order chi connectivity index (χ1) is 57.6. The van der Waals surface area contributed by atoms with Crippen molar-refractivity contribution in [2.24, 2.45) is 0 Å². The van der Waals surface area contributed by atoms with Gasteiger partial charge >= 0.3 is 40.2 Å². The van der Waals surface area contributed by atoms with Crippen LogP contribution in [0.5, 0.6) is 0 Å². The van der Waals surface area contributed by atoms with Crippen LogP contribution >= 0.6 is 36.3 Å². The van der Waals surface area contributed by atoms with Gasteiger partial charge in [-0.1, -0.05) is 307 Å². The third-order valence-corrected chi connectivity index (χ3v) is 21.7. The summed E-state index contributed by atoms with van der Waals surface area (Å²) in [5, 5.41) is 27.6. The van der Waals surface area contributed by atoms with Gasteiger partial charge in [-0.3, -0.25) is 0 Å². The molecule has 117 heavy (non-hydrogen) atoms. The molecule has 1 fully saturated rings. The number of benzene rings is 18. The normalized spacial score (nSPS) is 11.4. The van der Waals surface area contributed by atoms with Crippen LogP contribution in [-0.4, -0.2) is 30.4 Å². The number of halogens is 2. The van der Waals surface area contributed by atoms with Crippen molar-refractivity contribution < 1.29 is 27.5 Å². The van der Waals surface area contributed by atoms with Crippen molar-refractivity contribution in [1.82, 2.24) is 0 Å². The molecule has 0 atom stereocenters. The summed E-state index contributed by atoms with van der Waals surface area (Å²) in [5.41, 5.74) is 35.8. The second kappa shape index (κ2) is 38.9. The molecule has 0 amide bonds. The summed E-state index contributed by atoms with van der Waals surface area (Å²) in [6.45, 7) is 2.00. The molecule has 1 heterocycles. The zero-order valence-corrected chi connectivity index (χ0v) is 68.9. The number of anilines is 11. The van der Waals surface area contributed by atoms with Crippen molar-refractivity contribution in [2.45, 2.75) is 18.8 Å². The number of para-hydroxylation sites is 6. The Morgan fingerprint density at radius 3 is 1.07 bits per heavy atom. The molecule has 12 heteroatoms. The Morgan fingerprint density at radius 1 is 0.299 bits per heavy atom. The van der Waals surface area contributed by atoms with Crippen LogP contribution in [-0.2, 0) is 17.5 Å². The molecule has 1 saturated heterocycles. The van der Waals surface area contributed by atoms with Crippen LogP contribution in [0.1, 0.15) is 35.4 Å². The first-order valence-corrected chi connectivity index (χ1v) is 42.9. The second-order valence-electron chi connectivity index (χ2n) is 28.5. The Morgan fingerprint density at radius 2 is 0.632 bits per heavy atom. The molecule has 18 aromatic rings. The zero-order chi connectivity index (χ0) is 80.2. The zero-order valence-electron chi connectivity index (χ0n) is 64.3. The van der Waals surface area contributed by atoms with E-state index >= 15 is 0 Å². The molecular formula is C105H85BBrCuIN5O3. The van der Waals surface area contributed by atoms with E-state index in [-0.39, 0.29) is 5.92 Å². The van der Waals surface area contributed by atoms with Crippen LogP contribution in [0.3, 0.4) is 0 Å². The van der Waals surface area contributed by atoms with Gasteiger partial charge in [0.15, 0.2) is 0 Å². The Balaban J connectivity index is 0.000000142. The van der Waals surface area contributed by atoms with E-state index < -0.39 is 7.12 Å². The molecule has 0 saturated carbocycles. The molecule has 8 nitrogen and oxygen atoms in total. The third kappa shape index (κ3) is 18.8. The fourth-order valence-corrected chi connectivity index (χ4v) is 16.1. The number of rotatable bonds is 16. The van der Waals surface area contributed by atoms with Gasteiger partial charge in [-0.15, -0.1) is 0 Å². The predicted molar refractivity (Wildman–Crippen MR) is 504 cm³/mol. The van der Waals surface area contributed by atoms with E-state index in [1.54, 1.807) is 26.4 Å². The predicted octanol–water partition coefficient (Wildman–Crippen LogP) is 27.5. The molecule has 0 aliphatic carbocycles. The molecule has 0 radical (unpaired) electrons. The van der Waals surface area contributed by atoms with E-state index in [1.165, 1.54) is 45.9 Å². The number of nitrogens with zero attached hydrogens (tertiary/aromatic N) is 3. The topological polar surface area (TPSA) is 111 Å². The molecule has 0 aromatic heterocycles. The molecule has 1 aliphatic heterocycles. The van der Waals surface area contributed by atoms with Crippen molar-refractivity contribution in [3.8, 4) is 33.4 Å². The Bertz CT molecular complexity index is 6100. The van der Waals surface area contributed by atoms with E-state index in [0.29, 0.717) is 5.46 Å². The van der Waals surface area contributed by atoms with Crippen molar-refractivity contribution in [2.75, 3.05) is 39.4 Å². The number of nitrogens with two attached hydrogens (primary N) is 2. The van der Waals surface area contributed by atoms with E-state index in [2.05, 4.69) is 407 Å². The molecule has 18 aromatic carbocycles. The Kier molecular flexibility index (Phi) is 26.5. The Hall–Kier alpha value is -12.3. The van der Waals surface area contributed by atoms with E-state index in [9.17, 15) is 10.0 Å². The Labute approximate surface area is 713 Å². The van der Waals surface area contributed by atoms with Crippen LogP contribution in [0.4, 0.5) is 62.6 Å². The summed E-state index contributed by atoms with van der Waals surface area (Å²) in [5.74, 6) is 0.157. The molecule has 0 unspecified atom stereocenters. The number of hydrogen-bond acceptors (Lipinski definition) is 8. The fraction of sp³-hybridized carbons (Fsp3) is 0.0476. The summed E-state index contributed by atoms with van der Waals surface area (Å²) in [4.78, 5) is 6.85. The first kappa shape index (κ1) is 79.9. The van der Waals surface area contributed by atoms with Crippen molar-refractivity contribution in [1.29, 1.82) is 0 Å². The van der Waals surface area contributed by atoms with Gasteiger partial charge in [-0.05, 0) is 234 Å². The van der Waals surface area contributed by atoms with Crippen molar-refractivity contribution in [3.63, 3.8) is 0 Å². The van der Waals surface area contributed by atoms with E-state index in [0.717, 1.165) is 140 Å². The number of fused-ring (bicyclic) bond motifs is 4. The van der Waals surface area contributed by atoms with Crippen LogP contribution in [0.15, 0.2) is 429 Å². The van der Waals surface area contributed by atoms with E-state index in [4.69, 9.17) is 16.2 Å². The van der Waals surface area contributed by atoms with Crippen molar-refractivity contribution >= 4 is 155 Å². The minimum atomic E-state index is -1.44. The summed E-state index contributed by atoms with van der Waals surface area (Å²) in [6, 6.07) is 148. The minimum absolute atomic E-state index is 0.157. The van der Waals surface area contributed by atoms with Crippen molar-refractivity contribution in [3.05, 3.63) is 446 Å². The average molecular weight is 1750 g/mol.